The number of anilines is 2. The van der Waals surface area contributed by atoms with Crippen molar-refractivity contribution in [3.8, 4) is 0 Å². The highest BCUT2D eigenvalue weighted by Gasteiger charge is 2.39. The Morgan fingerprint density at radius 2 is 1.62 bits per heavy atom. The molecule has 6 nitrogen and oxygen atoms in total. The summed E-state index contributed by atoms with van der Waals surface area (Å²) in [5.41, 5.74) is -1.57. The van der Waals surface area contributed by atoms with Crippen molar-refractivity contribution in [3.05, 3.63) is 82.6 Å². The molecule has 29 heavy (non-hydrogen) atoms. The minimum Gasteiger partial charge on any atom is -0.459 e. The van der Waals surface area contributed by atoms with E-state index in [2.05, 4.69) is 0 Å². The Morgan fingerprint density at radius 1 is 1.00 bits per heavy atom. The van der Waals surface area contributed by atoms with Crippen molar-refractivity contribution in [1.82, 2.24) is 0 Å². The summed E-state index contributed by atoms with van der Waals surface area (Å²) in [7, 11) is 0. The summed E-state index contributed by atoms with van der Waals surface area (Å²) in [5.74, 6) is -7.79. The summed E-state index contributed by atoms with van der Waals surface area (Å²) >= 11 is 0. The molecule has 2 aromatic carbocycles. The van der Waals surface area contributed by atoms with Crippen LogP contribution >= 0.6 is 0 Å². The van der Waals surface area contributed by atoms with Crippen LogP contribution in [0.3, 0.4) is 0 Å². The van der Waals surface area contributed by atoms with Gasteiger partial charge in [0.1, 0.15) is 5.69 Å². The molecule has 4 rings (SSSR count). The highest BCUT2D eigenvalue weighted by molar-refractivity contribution is 6.34. The first-order chi connectivity index (χ1) is 13.8. The van der Waals surface area contributed by atoms with Crippen molar-refractivity contribution in [2.24, 2.45) is 0 Å². The number of hydrogen-bond acceptors (Lipinski definition) is 4. The first-order valence-corrected chi connectivity index (χ1v) is 8.32. The largest absolute Gasteiger partial charge is 0.459 e. The molecule has 0 bridgehead atoms. The summed E-state index contributed by atoms with van der Waals surface area (Å²) in [6, 6.07) is 7.64. The highest BCUT2D eigenvalue weighted by Crippen LogP contribution is 2.35. The first kappa shape index (κ1) is 18.5. The van der Waals surface area contributed by atoms with Gasteiger partial charge in [0, 0.05) is 11.6 Å². The van der Waals surface area contributed by atoms with Gasteiger partial charge in [0.15, 0.2) is 23.2 Å². The number of benzene rings is 2. The topological polar surface area (TPSA) is 79.6 Å². The monoisotopic (exact) mass is 400 g/mol. The van der Waals surface area contributed by atoms with Gasteiger partial charge in [-0.25, -0.2) is 18.1 Å². The number of halogens is 3. The van der Waals surface area contributed by atoms with Crippen molar-refractivity contribution in [3.63, 3.8) is 0 Å². The van der Waals surface area contributed by atoms with Crippen LogP contribution < -0.4 is 10.2 Å². The smallest absolute Gasteiger partial charge is 0.291 e. The molecule has 0 saturated heterocycles. The molecule has 1 aliphatic rings. The number of furan rings is 1. The van der Waals surface area contributed by atoms with Gasteiger partial charge in [0.2, 0.25) is 0 Å². The van der Waals surface area contributed by atoms with Crippen LogP contribution in [0.25, 0.3) is 0 Å². The average Bonchev–Trinajstić information content (AvgIpc) is 3.24. The normalized spacial score (nSPS) is 13.0. The van der Waals surface area contributed by atoms with Crippen molar-refractivity contribution < 1.29 is 32.0 Å². The molecule has 3 amide bonds. The van der Waals surface area contributed by atoms with Crippen molar-refractivity contribution >= 4 is 29.1 Å². The zero-order valence-corrected chi connectivity index (χ0v) is 14.8. The van der Waals surface area contributed by atoms with Gasteiger partial charge in [-0.15, -0.1) is 0 Å². The summed E-state index contributed by atoms with van der Waals surface area (Å²) < 4.78 is 48.7. The van der Waals surface area contributed by atoms with E-state index in [9.17, 15) is 27.6 Å². The van der Waals surface area contributed by atoms with Gasteiger partial charge >= 0.3 is 0 Å². The van der Waals surface area contributed by atoms with Gasteiger partial charge in [-0.2, -0.15) is 0 Å². The number of carbonyl (C=O) groups excluding carboxylic acids is 3. The average molecular weight is 400 g/mol. The predicted octanol–water partition coefficient (Wildman–Crippen LogP) is 4.06. The molecular formula is C20H11F3N2O4. The number of nitrogens with one attached hydrogen (secondary N) is 1. The maximum atomic E-state index is 14.7. The standard InChI is InChI=1S/C20H11F3N2O4/c1-9-6-7-29-17(9)18(26)24-16-12(21)8-13(14(22)15(16)23)25-19(27)10-4-2-3-5-11(10)20(25)28/h2-8H,1H3,(H,24,26). The predicted molar refractivity (Wildman–Crippen MR) is 95.3 cm³/mol. The summed E-state index contributed by atoms with van der Waals surface area (Å²) in [6.07, 6.45) is 1.21. The molecule has 0 atom stereocenters. The third kappa shape index (κ3) is 2.78. The molecule has 0 radical (unpaired) electrons. The lowest BCUT2D eigenvalue weighted by molar-refractivity contribution is 0.0922. The molecule has 0 spiro atoms. The van der Waals surface area contributed by atoms with Gasteiger partial charge in [-0.05, 0) is 25.1 Å². The Kier molecular flexibility index (Phi) is 4.22. The maximum Gasteiger partial charge on any atom is 0.291 e. The van der Waals surface area contributed by atoms with Gasteiger partial charge in [0.25, 0.3) is 17.7 Å². The van der Waals surface area contributed by atoms with Crippen LogP contribution in [0.2, 0.25) is 0 Å². The van der Waals surface area contributed by atoms with Crippen molar-refractivity contribution in [2.45, 2.75) is 6.92 Å². The molecule has 1 aliphatic heterocycles. The second-order valence-corrected chi connectivity index (χ2v) is 6.26. The van der Waals surface area contributed by atoms with Crippen molar-refractivity contribution in [1.29, 1.82) is 0 Å². The van der Waals surface area contributed by atoms with Crippen LogP contribution in [-0.2, 0) is 0 Å². The zero-order valence-electron chi connectivity index (χ0n) is 14.8. The van der Waals surface area contributed by atoms with E-state index >= 15 is 0 Å². The molecule has 9 heteroatoms. The Bertz CT molecular complexity index is 1170. The number of amides is 3. The quantitative estimate of drug-likeness (QED) is 0.531. The molecule has 0 aliphatic carbocycles. The van der Waals surface area contributed by atoms with Crippen LogP contribution in [0.4, 0.5) is 24.5 Å². The van der Waals surface area contributed by atoms with E-state index < -0.39 is 46.5 Å². The molecule has 1 N–H and O–H groups in total. The highest BCUT2D eigenvalue weighted by atomic mass is 19.2. The Labute approximate surface area is 161 Å². The number of carbonyl (C=O) groups is 3. The first-order valence-electron chi connectivity index (χ1n) is 8.32. The van der Waals surface area contributed by atoms with Crippen LogP contribution in [-0.4, -0.2) is 17.7 Å². The summed E-state index contributed by atoms with van der Waals surface area (Å²) in [6.45, 7) is 1.54. The van der Waals surface area contributed by atoms with Crippen LogP contribution in [0.1, 0.15) is 36.8 Å². The third-order valence-electron chi connectivity index (χ3n) is 4.48. The maximum absolute atomic E-state index is 14.7. The fourth-order valence-electron chi connectivity index (χ4n) is 3.04. The number of fused-ring (bicyclic) bond motifs is 1. The number of hydrogen-bond donors (Lipinski definition) is 1. The minimum atomic E-state index is -1.76. The second-order valence-electron chi connectivity index (χ2n) is 6.26. The lowest BCUT2D eigenvalue weighted by Crippen LogP contribution is -2.31. The third-order valence-corrected chi connectivity index (χ3v) is 4.48. The second kappa shape index (κ2) is 6.62. The molecule has 0 saturated carbocycles. The van der Waals surface area contributed by atoms with Gasteiger partial charge < -0.3 is 9.73 Å². The fraction of sp³-hybridized carbons (Fsp3) is 0.0500. The minimum absolute atomic E-state index is 0.0107. The van der Waals surface area contributed by atoms with E-state index in [0.29, 0.717) is 16.5 Å². The molecule has 146 valence electrons. The molecule has 0 unspecified atom stereocenters. The molecular weight excluding hydrogens is 389 g/mol. The van der Waals surface area contributed by atoms with E-state index in [-0.39, 0.29) is 16.9 Å². The van der Waals surface area contributed by atoms with E-state index in [0.717, 1.165) is 0 Å². The Balaban J connectivity index is 1.74. The van der Waals surface area contributed by atoms with Crippen molar-refractivity contribution in [2.75, 3.05) is 10.2 Å². The molecule has 2 heterocycles. The Morgan fingerprint density at radius 3 is 2.17 bits per heavy atom. The summed E-state index contributed by atoms with van der Waals surface area (Å²) in [4.78, 5) is 37.4. The lowest BCUT2D eigenvalue weighted by atomic mass is 10.1. The number of aryl methyl sites for hydroxylation is 1. The lowest BCUT2D eigenvalue weighted by Gasteiger charge is -2.17. The molecule has 0 fully saturated rings. The zero-order chi connectivity index (χ0) is 20.9. The van der Waals surface area contributed by atoms with Crippen LogP contribution in [0.5, 0.6) is 0 Å². The van der Waals surface area contributed by atoms with Crippen LogP contribution in [0.15, 0.2) is 47.1 Å². The van der Waals surface area contributed by atoms with E-state index in [1.807, 2.05) is 5.32 Å². The van der Waals surface area contributed by atoms with E-state index in [1.54, 1.807) is 0 Å². The Hall–Kier alpha value is -3.88. The SMILES string of the molecule is Cc1ccoc1C(=O)Nc1c(F)cc(N2C(=O)c3ccccc3C2=O)c(F)c1F. The molecule has 3 aromatic rings. The van der Waals surface area contributed by atoms with Gasteiger partial charge in [0.05, 0.1) is 23.1 Å². The van der Waals surface area contributed by atoms with Gasteiger partial charge in [-0.3, -0.25) is 14.4 Å². The van der Waals surface area contributed by atoms with E-state index in [1.165, 1.54) is 43.5 Å². The fourth-order valence-corrected chi connectivity index (χ4v) is 3.04. The summed E-state index contributed by atoms with van der Waals surface area (Å²) in [5, 5.41) is 1.91. The number of nitrogens with zero attached hydrogens (tertiary/aromatic N) is 1. The van der Waals surface area contributed by atoms with Gasteiger partial charge in [-0.1, -0.05) is 12.1 Å². The number of rotatable bonds is 3. The van der Waals surface area contributed by atoms with E-state index in [4.69, 9.17) is 4.42 Å². The molecule has 1 aromatic heterocycles. The van der Waals surface area contributed by atoms with Crippen LogP contribution in [0, 0.1) is 24.4 Å². The number of imide groups is 1.